The van der Waals surface area contributed by atoms with E-state index >= 15 is 0 Å². The minimum absolute atomic E-state index is 0.554. The van der Waals surface area contributed by atoms with Crippen molar-refractivity contribution >= 4 is 33.9 Å². The predicted octanol–water partition coefficient (Wildman–Crippen LogP) is 4.54. The lowest BCUT2D eigenvalue weighted by Gasteiger charge is -2.03. The summed E-state index contributed by atoms with van der Waals surface area (Å²) in [6, 6.07) is 9.58. The second kappa shape index (κ2) is 4.43. The molecule has 0 radical (unpaired) electrons. The van der Waals surface area contributed by atoms with Crippen LogP contribution in [0.1, 0.15) is 22.3 Å². The number of aliphatic hydroxyl groups is 1. The minimum Gasteiger partial charge on any atom is -0.458 e. The molecule has 2 aromatic heterocycles. The first-order chi connectivity index (χ1) is 8.65. The number of fused-ring (bicyclic) bond motifs is 1. The van der Waals surface area contributed by atoms with E-state index in [1.165, 1.54) is 11.3 Å². The molecule has 0 spiro atoms. The van der Waals surface area contributed by atoms with Crippen molar-refractivity contribution in [1.29, 1.82) is 0 Å². The molecule has 0 amide bonds. The van der Waals surface area contributed by atoms with E-state index in [0.29, 0.717) is 10.8 Å². The van der Waals surface area contributed by atoms with Crippen molar-refractivity contribution in [1.82, 2.24) is 0 Å². The largest absolute Gasteiger partial charge is 0.458 e. The fraction of sp³-hybridized carbons (Fsp3) is 0.143. The zero-order valence-electron chi connectivity index (χ0n) is 9.68. The van der Waals surface area contributed by atoms with Crippen LogP contribution in [0.4, 0.5) is 0 Å². The molecule has 0 saturated heterocycles. The maximum atomic E-state index is 10.3. The highest BCUT2D eigenvalue weighted by Crippen LogP contribution is 2.33. The van der Waals surface area contributed by atoms with E-state index in [4.69, 9.17) is 16.0 Å². The smallest absolute Gasteiger partial charge is 0.146 e. The fourth-order valence-electron chi connectivity index (χ4n) is 1.98. The van der Waals surface area contributed by atoms with E-state index < -0.39 is 6.10 Å². The van der Waals surface area contributed by atoms with Crippen LogP contribution in [0.3, 0.4) is 0 Å². The Labute approximate surface area is 113 Å². The molecule has 1 atom stereocenters. The third-order valence-electron chi connectivity index (χ3n) is 2.89. The first kappa shape index (κ1) is 11.8. The molecule has 18 heavy (non-hydrogen) atoms. The third-order valence-corrected chi connectivity index (χ3v) is 4.22. The molecule has 1 unspecified atom stereocenters. The van der Waals surface area contributed by atoms with Crippen LogP contribution in [0, 0.1) is 6.92 Å². The average molecular weight is 279 g/mol. The number of benzene rings is 1. The van der Waals surface area contributed by atoms with Gasteiger partial charge in [-0.15, -0.1) is 11.3 Å². The Morgan fingerprint density at radius 1 is 1.33 bits per heavy atom. The molecule has 3 aromatic rings. The third kappa shape index (κ3) is 1.94. The minimum atomic E-state index is -0.755. The summed E-state index contributed by atoms with van der Waals surface area (Å²) in [5, 5.41) is 13.7. The van der Waals surface area contributed by atoms with Crippen LogP contribution in [0.5, 0.6) is 0 Å². The molecule has 1 aromatic carbocycles. The van der Waals surface area contributed by atoms with E-state index in [9.17, 15) is 5.11 Å². The van der Waals surface area contributed by atoms with Gasteiger partial charge in [0, 0.05) is 15.6 Å². The van der Waals surface area contributed by atoms with E-state index in [1.54, 1.807) is 11.4 Å². The van der Waals surface area contributed by atoms with Gasteiger partial charge >= 0.3 is 0 Å². The number of thiophene rings is 1. The Bertz CT molecular complexity index is 699. The summed E-state index contributed by atoms with van der Waals surface area (Å²) in [6.45, 7) is 1.99. The Kier molecular flexibility index (Phi) is 2.90. The Morgan fingerprint density at radius 3 is 2.83 bits per heavy atom. The molecule has 2 heterocycles. The van der Waals surface area contributed by atoms with E-state index in [2.05, 4.69) is 0 Å². The van der Waals surface area contributed by atoms with Gasteiger partial charge in [0.2, 0.25) is 0 Å². The van der Waals surface area contributed by atoms with E-state index in [0.717, 1.165) is 21.4 Å². The van der Waals surface area contributed by atoms with Crippen molar-refractivity contribution < 1.29 is 9.52 Å². The van der Waals surface area contributed by atoms with Crippen molar-refractivity contribution in [3.05, 3.63) is 56.9 Å². The van der Waals surface area contributed by atoms with Gasteiger partial charge in [0.05, 0.1) is 5.02 Å². The van der Waals surface area contributed by atoms with Gasteiger partial charge < -0.3 is 9.52 Å². The maximum Gasteiger partial charge on any atom is 0.146 e. The molecule has 1 N–H and O–H groups in total. The fourth-order valence-corrected chi connectivity index (χ4v) is 3.05. The van der Waals surface area contributed by atoms with Crippen LogP contribution >= 0.6 is 22.9 Å². The van der Waals surface area contributed by atoms with Crippen molar-refractivity contribution in [2.75, 3.05) is 0 Å². The van der Waals surface area contributed by atoms with Gasteiger partial charge in [-0.1, -0.05) is 29.8 Å². The molecule has 92 valence electrons. The quantitative estimate of drug-likeness (QED) is 0.747. The lowest BCUT2D eigenvalue weighted by Crippen LogP contribution is -1.93. The molecule has 2 nitrogen and oxygen atoms in total. The average Bonchev–Trinajstić information content (AvgIpc) is 2.95. The molecule has 3 rings (SSSR count). The van der Waals surface area contributed by atoms with Crippen molar-refractivity contribution in [3.63, 3.8) is 0 Å². The highest BCUT2D eigenvalue weighted by molar-refractivity contribution is 7.10. The molecule has 0 aliphatic carbocycles. The number of rotatable bonds is 2. The summed E-state index contributed by atoms with van der Waals surface area (Å²) < 4.78 is 5.74. The van der Waals surface area contributed by atoms with Crippen LogP contribution in [-0.2, 0) is 0 Å². The lowest BCUT2D eigenvalue weighted by molar-refractivity contribution is 0.196. The number of aryl methyl sites for hydroxylation is 1. The standard InChI is InChI=1S/C14H11ClO2S/c1-8-3-2-4-9-5-11(17-14(8)9)13(16)12-6-10(15)7-18-12/h2-7,13,16H,1H3. The van der Waals surface area contributed by atoms with E-state index in [1.807, 2.05) is 31.2 Å². The number of aliphatic hydroxyl groups excluding tert-OH is 1. The molecule has 0 aliphatic heterocycles. The van der Waals surface area contributed by atoms with Crippen LogP contribution in [0.2, 0.25) is 5.02 Å². The SMILES string of the molecule is Cc1cccc2cc(C(O)c3cc(Cl)cs3)oc12. The van der Waals surface area contributed by atoms with Crippen LogP contribution in [0.25, 0.3) is 11.0 Å². The van der Waals surface area contributed by atoms with Crippen LogP contribution in [-0.4, -0.2) is 5.11 Å². The zero-order valence-corrected chi connectivity index (χ0v) is 11.3. The van der Waals surface area contributed by atoms with Gasteiger partial charge in [0.25, 0.3) is 0 Å². The second-order valence-corrected chi connectivity index (χ2v) is 5.59. The number of para-hydroxylation sites is 1. The molecule has 0 aliphatic rings. The summed E-state index contributed by atoms with van der Waals surface area (Å²) in [5.74, 6) is 0.554. The lowest BCUT2D eigenvalue weighted by atomic mass is 10.1. The summed E-state index contributed by atoms with van der Waals surface area (Å²) in [5.41, 5.74) is 1.89. The number of furan rings is 1. The van der Waals surface area contributed by atoms with Gasteiger partial charge in [-0.2, -0.15) is 0 Å². The zero-order chi connectivity index (χ0) is 12.7. The highest BCUT2D eigenvalue weighted by Gasteiger charge is 2.17. The maximum absolute atomic E-state index is 10.3. The first-order valence-corrected chi connectivity index (χ1v) is 6.82. The molecule has 0 bridgehead atoms. The summed E-state index contributed by atoms with van der Waals surface area (Å²) in [7, 11) is 0. The van der Waals surface area contributed by atoms with Gasteiger partial charge in [0.15, 0.2) is 0 Å². The Morgan fingerprint density at radius 2 is 2.17 bits per heavy atom. The number of halogens is 1. The number of hydrogen-bond donors (Lipinski definition) is 1. The normalized spacial score (nSPS) is 13.1. The Hall–Kier alpha value is -1.29. The topological polar surface area (TPSA) is 33.4 Å². The molecule has 4 heteroatoms. The molecule has 0 saturated carbocycles. The second-order valence-electron chi connectivity index (χ2n) is 4.21. The molecular formula is C14H11ClO2S. The Balaban J connectivity index is 2.06. The van der Waals surface area contributed by atoms with Gasteiger partial charge in [0.1, 0.15) is 17.4 Å². The summed E-state index contributed by atoms with van der Waals surface area (Å²) in [6.07, 6.45) is -0.755. The van der Waals surface area contributed by atoms with Gasteiger partial charge in [-0.3, -0.25) is 0 Å². The molecule has 0 fully saturated rings. The summed E-state index contributed by atoms with van der Waals surface area (Å²) >= 11 is 7.29. The van der Waals surface area contributed by atoms with Crippen LogP contribution < -0.4 is 0 Å². The van der Waals surface area contributed by atoms with Crippen molar-refractivity contribution in [3.8, 4) is 0 Å². The highest BCUT2D eigenvalue weighted by atomic mass is 35.5. The first-order valence-electron chi connectivity index (χ1n) is 5.56. The van der Waals surface area contributed by atoms with Crippen molar-refractivity contribution in [2.45, 2.75) is 13.0 Å². The molecular weight excluding hydrogens is 268 g/mol. The monoisotopic (exact) mass is 278 g/mol. The number of hydrogen-bond acceptors (Lipinski definition) is 3. The van der Waals surface area contributed by atoms with Gasteiger partial charge in [-0.05, 0) is 24.6 Å². The van der Waals surface area contributed by atoms with Crippen LogP contribution in [0.15, 0.2) is 40.1 Å². The predicted molar refractivity (Wildman–Crippen MR) is 74.3 cm³/mol. The van der Waals surface area contributed by atoms with E-state index in [-0.39, 0.29) is 0 Å². The van der Waals surface area contributed by atoms with Crippen molar-refractivity contribution in [2.24, 2.45) is 0 Å². The van der Waals surface area contributed by atoms with Gasteiger partial charge in [-0.25, -0.2) is 0 Å². The summed E-state index contributed by atoms with van der Waals surface area (Å²) in [4.78, 5) is 0.789.